The molecule has 1 aromatic carbocycles. The molecule has 0 aliphatic heterocycles. The summed E-state index contributed by atoms with van der Waals surface area (Å²) in [6.07, 6.45) is 4.43. The number of unbranched alkanes of at least 4 members (excludes halogenated alkanes) is 3. The average Bonchev–Trinajstić information content (AvgIpc) is 2.94. The van der Waals surface area contributed by atoms with E-state index >= 15 is 0 Å². The first kappa shape index (κ1) is 17.0. The van der Waals surface area contributed by atoms with Crippen molar-refractivity contribution in [1.29, 1.82) is 0 Å². The highest BCUT2D eigenvalue weighted by Gasteiger charge is 2.08. The van der Waals surface area contributed by atoms with Gasteiger partial charge >= 0.3 is 5.97 Å². The summed E-state index contributed by atoms with van der Waals surface area (Å²) in [6.45, 7) is 0.624. The van der Waals surface area contributed by atoms with Crippen LogP contribution in [0.15, 0.2) is 28.7 Å². The number of fused-ring (bicyclic) bond motifs is 1. The van der Waals surface area contributed by atoms with Crippen LogP contribution in [0.4, 0.5) is 0 Å². The van der Waals surface area contributed by atoms with E-state index in [0.717, 1.165) is 30.4 Å². The van der Waals surface area contributed by atoms with Crippen LogP contribution in [0.1, 0.15) is 44.4 Å². The Morgan fingerprint density at radius 1 is 1.09 bits per heavy atom. The molecule has 23 heavy (non-hydrogen) atoms. The lowest BCUT2D eigenvalue weighted by molar-refractivity contribution is -0.137. The second-order valence-corrected chi connectivity index (χ2v) is 5.48. The molecule has 6 nitrogen and oxygen atoms in total. The fourth-order valence-electron chi connectivity index (χ4n) is 2.32. The van der Waals surface area contributed by atoms with E-state index in [0.29, 0.717) is 31.7 Å². The topological polar surface area (TPSA) is 92.4 Å². The highest BCUT2D eigenvalue weighted by molar-refractivity contribution is 5.76. The third-order valence-corrected chi connectivity index (χ3v) is 3.54. The van der Waals surface area contributed by atoms with Crippen LogP contribution in [0.3, 0.4) is 0 Å². The number of nitrogens with one attached hydrogen (secondary N) is 1. The summed E-state index contributed by atoms with van der Waals surface area (Å²) in [5.41, 5.74) is 1.55. The molecule has 0 aliphatic rings. The zero-order valence-corrected chi connectivity index (χ0v) is 13.1. The van der Waals surface area contributed by atoms with Gasteiger partial charge in [0.05, 0.1) is 0 Å². The molecule has 1 heterocycles. The van der Waals surface area contributed by atoms with Gasteiger partial charge in [-0.2, -0.15) is 0 Å². The van der Waals surface area contributed by atoms with Gasteiger partial charge in [0.2, 0.25) is 5.91 Å². The number of amides is 1. The predicted molar refractivity (Wildman–Crippen MR) is 86.1 cm³/mol. The summed E-state index contributed by atoms with van der Waals surface area (Å²) < 4.78 is 5.57. The summed E-state index contributed by atoms with van der Waals surface area (Å²) in [7, 11) is 0. The number of carbonyl (C=O) groups is 2. The first-order valence-corrected chi connectivity index (χ1v) is 7.98. The number of nitrogens with zero attached hydrogens (tertiary/aromatic N) is 1. The van der Waals surface area contributed by atoms with E-state index < -0.39 is 5.97 Å². The van der Waals surface area contributed by atoms with Gasteiger partial charge in [0, 0.05) is 25.8 Å². The fourth-order valence-corrected chi connectivity index (χ4v) is 2.32. The number of aliphatic carboxylic acids is 1. The summed E-state index contributed by atoms with van der Waals surface area (Å²) in [6, 6.07) is 7.53. The maximum atomic E-state index is 11.8. The van der Waals surface area contributed by atoms with E-state index in [9.17, 15) is 9.59 Å². The number of carboxylic acids is 1. The molecule has 2 N–H and O–H groups in total. The minimum Gasteiger partial charge on any atom is -0.481 e. The molecule has 6 heteroatoms. The zero-order chi connectivity index (χ0) is 16.5. The molecule has 2 rings (SSSR count). The Morgan fingerprint density at radius 3 is 2.65 bits per heavy atom. The molecule has 0 atom stereocenters. The number of hydrogen-bond acceptors (Lipinski definition) is 4. The van der Waals surface area contributed by atoms with E-state index in [1.165, 1.54) is 0 Å². The van der Waals surface area contributed by atoms with Gasteiger partial charge < -0.3 is 14.8 Å². The van der Waals surface area contributed by atoms with Gasteiger partial charge in [-0.25, -0.2) is 4.98 Å². The fraction of sp³-hybridized carbons (Fsp3) is 0.471. The Balaban J connectivity index is 1.57. The lowest BCUT2D eigenvalue weighted by atomic mass is 10.1. The maximum Gasteiger partial charge on any atom is 0.303 e. The molecular formula is C17H22N2O4. The number of carbonyl (C=O) groups excluding carboxylic acids is 1. The monoisotopic (exact) mass is 318 g/mol. The third-order valence-electron chi connectivity index (χ3n) is 3.54. The Labute approximate surface area is 134 Å². The Morgan fingerprint density at radius 2 is 1.87 bits per heavy atom. The second-order valence-electron chi connectivity index (χ2n) is 5.48. The van der Waals surface area contributed by atoms with Crippen LogP contribution in [-0.2, 0) is 16.0 Å². The highest BCUT2D eigenvalue weighted by atomic mass is 16.4. The van der Waals surface area contributed by atoms with Crippen LogP contribution < -0.4 is 5.32 Å². The van der Waals surface area contributed by atoms with E-state index in [4.69, 9.17) is 9.52 Å². The number of aromatic nitrogens is 1. The molecule has 0 saturated carbocycles. The number of oxazole rings is 1. The quantitative estimate of drug-likeness (QED) is 0.657. The largest absolute Gasteiger partial charge is 0.481 e. The van der Waals surface area contributed by atoms with Gasteiger partial charge in [-0.3, -0.25) is 9.59 Å². The molecule has 0 fully saturated rings. The minimum atomic E-state index is -0.752. The molecular weight excluding hydrogens is 296 g/mol. The van der Waals surface area contributed by atoms with Crippen LogP contribution in [0.2, 0.25) is 0 Å². The summed E-state index contributed by atoms with van der Waals surface area (Å²) in [5, 5.41) is 11.4. The van der Waals surface area contributed by atoms with Crippen molar-refractivity contribution < 1.29 is 19.1 Å². The van der Waals surface area contributed by atoms with Gasteiger partial charge in [-0.05, 0) is 25.0 Å². The molecule has 0 aliphatic carbocycles. The van der Waals surface area contributed by atoms with Gasteiger partial charge in [0.1, 0.15) is 5.52 Å². The van der Waals surface area contributed by atoms with Crippen LogP contribution in [0.5, 0.6) is 0 Å². The zero-order valence-electron chi connectivity index (χ0n) is 13.1. The third kappa shape index (κ3) is 6.10. The number of aryl methyl sites for hydroxylation is 1. The summed E-state index contributed by atoms with van der Waals surface area (Å²) >= 11 is 0. The van der Waals surface area contributed by atoms with Crippen molar-refractivity contribution in [2.24, 2.45) is 0 Å². The molecule has 0 saturated heterocycles. The van der Waals surface area contributed by atoms with Crippen molar-refractivity contribution in [2.45, 2.75) is 44.9 Å². The van der Waals surface area contributed by atoms with Gasteiger partial charge in [0.25, 0.3) is 0 Å². The Kier molecular flexibility index (Phi) is 6.59. The maximum absolute atomic E-state index is 11.8. The van der Waals surface area contributed by atoms with Crippen molar-refractivity contribution in [3.8, 4) is 0 Å². The SMILES string of the molecule is O=C(O)CCCCCCNC(=O)CCc1nc2ccccc2o1. The van der Waals surface area contributed by atoms with Crippen molar-refractivity contribution in [1.82, 2.24) is 10.3 Å². The van der Waals surface area contributed by atoms with Crippen molar-refractivity contribution in [3.63, 3.8) is 0 Å². The lowest BCUT2D eigenvalue weighted by Gasteiger charge is -2.04. The van der Waals surface area contributed by atoms with E-state index in [1.807, 2.05) is 24.3 Å². The van der Waals surface area contributed by atoms with Crippen LogP contribution >= 0.6 is 0 Å². The number of rotatable bonds is 10. The van der Waals surface area contributed by atoms with Crippen molar-refractivity contribution in [2.75, 3.05) is 6.54 Å². The first-order chi connectivity index (χ1) is 11.1. The Hall–Kier alpha value is -2.37. The lowest BCUT2D eigenvalue weighted by Crippen LogP contribution is -2.24. The molecule has 124 valence electrons. The second kappa shape index (κ2) is 8.92. The summed E-state index contributed by atoms with van der Waals surface area (Å²) in [4.78, 5) is 26.4. The molecule has 0 spiro atoms. The molecule has 0 radical (unpaired) electrons. The molecule has 1 aromatic heterocycles. The molecule has 1 amide bonds. The van der Waals surface area contributed by atoms with Crippen LogP contribution in [-0.4, -0.2) is 28.5 Å². The minimum absolute atomic E-state index is 0.0159. The number of para-hydroxylation sites is 2. The molecule has 0 unspecified atom stereocenters. The van der Waals surface area contributed by atoms with Gasteiger partial charge in [0.15, 0.2) is 11.5 Å². The van der Waals surface area contributed by atoms with Crippen LogP contribution in [0.25, 0.3) is 11.1 Å². The molecule has 2 aromatic rings. The van der Waals surface area contributed by atoms with E-state index in [2.05, 4.69) is 10.3 Å². The predicted octanol–water partition coefficient (Wildman–Crippen LogP) is 2.91. The number of benzene rings is 1. The first-order valence-electron chi connectivity index (χ1n) is 7.98. The van der Waals surface area contributed by atoms with E-state index in [1.54, 1.807) is 0 Å². The standard InChI is InChI=1S/C17H22N2O4/c20-15(18-12-6-2-1-3-9-17(21)22)10-11-16-19-13-7-4-5-8-14(13)23-16/h4-5,7-8H,1-3,6,9-12H2,(H,18,20)(H,21,22). The Bertz CT molecular complexity index is 618. The van der Waals surface area contributed by atoms with Gasteiger partial charge in [-0.1, -0.05) is 25.0 Å². The smallest absolute Gasteiger partial charge is 0.303 e. The number of hydrogen-bond donors (Lipinski definition) is 2. The summed E-state index contributed by atoms with van der Waals surface area (Å²) in [5.74, 6) is -0.190. The van der Waals surface area contributed by atoms with Crippen molar-refractivity contribution >= 4 is 23.0 Å². The van der Waals surface area contributed by atoms with Gasteiger partial charge in [-0.15, -0.1) is 0 Å². The number of carboxylic acid groups (broad SMARTS) is 1. The normalized spacial score (nSPS) is 10.8. The average molecular weight is 318 g/mol. The van der Waals surface area contributed by atoms with Crippen molar-refractivity contribution in [3.05, 3.63) is 30.2 Å². The highest BCUT2D eigenvalue weighted by Crippen LogP contribution is 2.15. The van der Waals surface area contributed by atoms with E-state index in [-0.39, 0.29) is 12.3 Å². The molecule has 0 bridgehead atoms. The van der Waals surface area contributed by atoms with Crippen LogP contribution in [0, 0.1) is 0 Å².